The van der Waals surface area contributed by atoms with E-state index in [-0.39, 0.29) is 6.10 Å². The van der Waals surface area contributed by atoms with E-state index in [1.165, 1.54) is 5.56 Å². The molecule has 1 aromatic carbocycles. The minimum absolute atomic E-state index is 0.351. The zero-order valence-electron chi connectivity index (χ0n) is 16.0. The van der Waals surface area contributed by atoms with E-state index in [2.05, 4.69) is 22.0 Å². The Labute approximate surface area is 159 Å². The maximum Gasteiger partial charge on any atom is 0.228 e. The summed E-state index contributed by atoms with van der Waals surface area (Å²) in [6, 6.07) is 11.9. The summed E-state index contributed by atoms with van der Waals surface area (Å²) < 4.78 is 10.9. The van der Waals surface area contributed by atoms with Crippen molar-refractivity contribution in [3.8, 4) is 11.4 Å². The van der Waals surface area contributed by atoms with Gasteiger partial charge in [0.25, 0.3) is 0 Å². The van der Waals surface area contributed by atoms with E-state index >= 15 is 0 Å². The van der Waals surface area contributed by atoms with Gasteiger partial charge in [0.05, 0.1) is 18.9 Å². The molecule has 27 heavy (non-hydrogen) atoms. The Hall–Kier alpha value is -2.44. The number of furan rings is 1. The smallest absolute Gasteiger partial charge is 0.228 e. The van der Waals surface area contributed by atoms with Gasteiger partial charge in [-0.25, -0.2) is 0 Å². The van der Waals surface area contributed by atoms with Crippen LogP contribution in [0.25, 0.3) is 11.4 Å². The number of aryl methyl sites for hydroxylation is 1. The number of hydrogen-bond acceptors (Lipinski definition) is 6. The van der Waals surface area contributed by atoms with Crippen LogP contribution >= 0.6 is 0 Å². The molecule has 0 spiro atoms. The Morgan fingerprint density at radius 2 is 2.00 bits per heavy atom. The second-order valence-electron chi connectivity index (χ2n) is 6.88. The molecule has 3 rings (SSSR count). The van der Waals surface area contributed by atoms with Gasteiger partial charge in [0, 0.05) is 25.1 Å². The van der Waals surface area contributed by atoms with Crippen molar-refractivity contribution in [1.82, 2.24) is 15.0 Å². The van der Waals surface area contributed by atoms with Gasteiger partial charge < -0.3 is 14.0 Å². The predicted molar refractivity (Wildman–Crippen MR) is 103 cm³/mol. The second-order valence-corrected chi connectivity index (χ2v) is 6.88. The van der Waals surface area contributed by atoms with Crippen molar-refractivity contribution in [3.05, 3.63) is 59.9 Å². The van der Waals surface area contributed by atoms with Crippen LogP contribution in [0.4, 0.5) is 0 Å². The molecule has 3 aromatic rings. The number of rotatable bonds is 10. The van der Waals surface area contributed by atoms with E-state index in [4.69, 9.17) is 8.94 Å². The first-order chi connectivity index (χ1) is 13.1. The van der Waals surface area contributed by atoms with E-state index in [1.54, 1.807) is 6.26 Å². The standard InChI is InChI=1S/C21H27N3O3/c1-3-5-18(25)14-24(15-19-6-4-13-26-19)12-11-20-22-21(23-27-20)17-9-7-16(2)8-10-17/h4,6-10,13,18,25H,3,5,11-12,14-15H2,1-2H3/t18-/m1/s1. The maximum atomic E-state index is 10.2. The van der Waals surface area contributed by atoms with Gasteiger partial charge >= 0.3 is 0 Å². The number of benzene rings is 1. The fourth-order valence-corrected chi connectivity index (χ4v) is 3.01. The van der Waals surface area contributed by atoms with E-state index < -0.39 is 0 Å². The molecule has 2 heterocycles. The molecule has 0 amide bonds. The molecule has 0 saturated heterocycles. The van der Waals surface area contributed by atoms with Gasteiger partial charge in [-0.15, -0.1) is 0 Å². The third kappa shape index (κ3) is 5.77. The lowest BCUT2D eigenvalue weighted by Crippen LogP contribution is -2.33. The Morgan fingerprint density at radius 3 is 2.70 bits per heavy atom. The molecule has 0 aliphatic heterocycles. The fourth-order valence-electron chi connectivity index (χ4n) is 3.01. The first-order valence-electron chi connectivity index (χ1n) is 9.46. The SMILES string of the molecule is CCC[C@@H](O)CN(CCc1nc(-c2ccc(C)cc2)no1)Cc1ccco1. The van der Waals surface area contributed by atoms with Crippen molar-refractivity contribution < 1.29 is 14.0 Å². The summed E-state index contributed by atoms with van der Waals surface area (Å²) in [5.74, 6) is 2.08. The lowest BCUT2D eigenvalue weighted by atomic mass is 10.1. The number of aromatic nitrogens is 2. The second kappa shape index (κ2) is 9.48. The molecule has 0 bridgehead atoms. The highest BCUT2D eigenvalue weighted by Gasteiger charge is 2.15. The van der Waals surface area contributed by atoms with Crippen LogP contribution in [0.5, 0.6) is 0 Å². The van der Waals surface area contributed by atoms with E-state index in [9.17, 15) is 5.11 Å². The normalized spacial score (nSPS) is 12.6. The van der Waals surface area contributed by atoms with Crippen molar-refractivity contribution in [1.29, 1.82) is 0 Å². The van der Waals surface area contributed by atoms with E-state index in [0.29, 0.717) is 37.8 Å². The molecule has 0 aliphatic carbocycles. The van der Waals surface area contributed by atoms with Crippen LogP contribution in [0.2, 0.25) is 0 Å². The molecular weight excluding hydrogens is 342 g/mol. The van der Waals surface area contributed by atoms with E-state index in [1.807, 2.05) is 43.3 Å². The van der Waals surface area contributed by atoms with Crippen LogP contribution in [0.1, 0.15) is 37.0 Å². The molecule has 0 unspecified atom stereocenters. The van der Waals surface area contributed by atoms with Crippen LogP contribution in [0.3, 0.4) is 0 Å². The average molecular weight is 369 g/mol. The van der Waals surface area contributed by atoms with Crippen LogP contribution in [-0.4, -0.2) is 39.3 Å². The largest absolute Gasteiger partial charge is 0.468 e. The van der Waals surface area contributed by atoms with Crippen molar-refractivity contribution in [3.63, 3.8) is 0 Å². The molecule has 0 saturated carbocycles. The minimum atomic E-state index is -0.351. The van der Waals surface area contributed by atoms with Crippen molar-refractivity contribution in [2.75, 3.05) is 13.1 Å². The topological polar surface area (TPSA) is 75.5 Å². The molecule has 6 nitrogen and oxygen atoms in total. The van der Waals surface area contributed by atoms with Gasteiger partial charge in [0.1, 0.15) is 5.76 Å². The van der Waals surface area contributed by atoms with Gasteiger partial charge in [0.2, 0.25) is 11.7 Å². The van der Waals surface area contributed by atoms with Gasteiger partial charge in [-0.3, -0.25) is 4.90 Å². The van der Waals surface area contributed by atoms with Crippen molar-refractivity contribution in [2.24, 2.45) is 0 Å². The van der Waals surface area contributed by atoms with Gasteiger partial charge in [-0.1, -0.05) is 48.3 Å². The first kappa shape index (κ1) is 19.3. The van der Waals surface area contributed by atoms with Gasteiger partial charge in [-0.05, 0) is 25.5 Å². The Morgan fingerprint density at radius 1 is 1.19 bits per heavy atom. The lowest BCUT2D eigenvalue weighted by molar-refractivity contribution is 0.0964. The quantitative estimate of drug-likeness (QED) is 0.585. The summed E-state index contributed by atoms with van der Waals surface area (Å²) in [5.41, 5.74) is 2.14. The average Bonchev–Trinajstić information content (AvgIpc) is 3.32. The third-order valence-electron chi connectivity index (χ3n) is 4.47. The zero-order valence-corrected chi connectivity index (χ0v) is 16.0. The third-order valence-corrected chi connectivity index (χ3v) is 4.47. The Kier molecular flexibility index (Phi) is 6.79. The first-order valence-corrected chi connectivity index (χ1v) is 9.46. The van der Waals surface area contributed by atoms with Crippen molar-refractivity contribution >= 4 is 0 Å². The summed E-state index contributed by atoms with van der Waals surface area (Å²) in [7, 11) is 0. The summed E-state index contributed by atoms with van der Waals surface area (Å²) in [6.45, 7) is 6.06. The molecule has 1 atom stereocenters. The number of aliphatic hydroxyl groups excluding tert-OH is 1. The van der Waals surface area contributed by atoms with Crippen LogP contribution < -0.4 is 0 Å². The van der Waals surface area contributed by atoms with Crippen LogP contribution in [0, 0.1) is 6.92 Å². The summed E-state index contributed by atoms with van der Waals surface area (Å²) in [5, 5.41) is 14.3. The van der Waals surface area contributed by atoms with E-state index in [0.717, 1.165) is 24.2 Å². The molecule has 0 aliphatic rings. The molecule has 2 aromatic heterocycles. The van der Waals surface area contributed by atoms with Gasteiger partial charge in [-0.2, -0.15) is 4.98 Å². The highest BCUT2D eigenvalue weighted by molar-refractivity contribution is 5.54. The molecule has 144 valence electrons. The Bertz CT molecular complexity index is 796. The number of aliphatic hydroxyl groups is 1. The number of nitrogens with zero attached hydrogens (tertiary/aromatic N) is 3. The monoisotopic (exact) mass is 369 g/mol. The minimum Gasteiger partial charge on any atom is -0.468 e. The highest BCUT2D eigenvalue weighted by Crippen LogP contribution is 2.17. The molecule has 6 heteroatoms. The maximum absolute atomic E-state index is 10.2. The van der Waals surface area contributed by atoms with Crippen molar-refractivity contribution in [2.45, 2.75) is 45.8 Å². The summed E-state index contributed by atoms with van der Waals surface area (Å²) >= 11 is 0. The molecular formula is C21H27N3O3. The lowest BCUT2D eigenvalue weighted by Gasteiger charge is -2.23. The van der Waals surface area contributed by atoms with Crippen LogP contribution in [-0.2, 0) is 13.0 Å². The molecule has 0 radical (unpaired) electrons. The Balaban J connectivity index is 1.61. The summed E-state index contributed by atoms with van der Waals surface area (Å²) in [4.78, 5) is 6.67. The predicted octanol–water partition coefficient (Wildman–Crippen LogP) is 3.84. The number of hydrogen-bond donors (Lipinski definition) is 1. The zero-order chi connectivity index (χ0) is 19.1. The molecule has 0 fully saturated rings. The van der Waals surface area contributed by atoms with Gasteiger partial charge in [0.15, 0.2) is 0 Å². The highest BCUT2D eigenvalue weighted by atomic mass is 16.5. The molecule has 1 N–H and O–H groups in total. The summed E-state index contributed by atoms with van der Waals surface area (Å²) in [6.07, 6.45) is 3.68. The fraction of sp³-hybridized carbons (Fsp3) is 0.429. The van der Waals surface area contributed by atoms with Crippen LogP contribution in [0.15, 0.2) is 51.6 Å².